The molecule has 1 rings (SSSR count). The molecule has 0 amide bonds. The molecule has 8 heteroatoms. The van der Waals surface area contributed by atoms with Crippen LogP contribution in [0.1, 0.15) is 22.8 Å². The first-order chi connectivity index (χ1) is 9.27. The van der Waals surface area contributed by atoms with E-state index in [4.69, 9.17) is 14.6 Å². The van der Waals surface area contributed by atoms with E-state index in [-0.39, 0.29) is 29.2 Å². The molecule has 0 saturated carbocycles. The van der Waals surface area contributed by atoms with Crippen LogP contribution >= 0.6 is 15.9 Å². The molecule has 0 fully saturated rings. The molecule has 0 bridgehead atoms. The van der Waals surface area contributed by atoms with Crippen LogP contribution in [0.4, 0.5) is 0 Å². The van der Waals surface area contributed by atoms with Crippen LogP contribution in [0.25, 0.3) is 0 Å². The number of rotatable bonds is 6. The third kappa shape index (κ3) is 4.55. The van der Waals surface area contributed by atoms with Crippen LogP contribution in [0.5, 0.6) is 0 Å². The average Bonchev–Trinajstić information content (AvgIpc) is 2.35. The first-order valence-electron chi connectivity index (χ1n) is 5.85. The van der Waals surface area contributed by atoms with Gasteiger partial charge in [0.2, 0.25) is 10.0 Å². The Balaban J connectivity index is 3.01. The summed E-state index contributed by atoms with van der Waals surface area (Å²) in [6.07, 6.45) is 0. The largest absolute Gasteiger partial charge is 0.460 e. The van der Waals surface area contributed by atoms with Crippen molar-refractivity contribution in [2.24, 2.45) is 5.14 Å². The Morgan fingerprint density at radius 2 is 2.00 bits per heavy atom. The molecule has 6 nitrogen and oxygen atoms in total. The minimum Gasteiger partial charge on any atom is -0.460 e. The molecule has 0 radical (unpaired) electrons. The highest BCUT2D eigenvalue weighted by molar-refractivity contribution is 9.10. The summed E-state index contributed by atoms with van der Waals surface area (Å²) < 4.78 is 33.4. The van der Waals surface area contributed by atoms with Crippen molar-refractivity contribution in [1.29, 1.82) is 0 Å². The van der Waals surface area contributed by atoms with Gasteiger partial charge in [-0.15, -0.1) is 0 Å². The molecule has 1 aromatic carbocycles. The van der Waals surface area contributed by atoms with Crippen LogP contribution in [0, 0.1) is 6.92 Å². The Labute approximate surface area is 126 Å². The Morgan fingerprint density at radius 3 is 2.55 bits per heavy atom. The lowest BCUT2D eigenvalue weighted by molar-refractivity contribution is 0.0334. The highest BCUT2D eigenvalue weighted by atomic mass is 79.9. The van der Waals surface area contributed by atoms with E-state index in [1.807, 2.05) is 6.92 Å². The van der Waals surface area contributed by atoms with E-state index in [1.165, 1.54) is 19.1 Å². The second kappa shape index (κ2) is 7.16. The fraction of sp³-hybridized carbons (Fsp3) is 0.417. The predicted molar refractivity (Wildman–Crippen MR) is 77.0 cm³/mol. The highest BCUT2D eigenvalue weighted by Gasteiger charge is 2.20. The molecule has 1 aromatic rings. The second-order valence-corrected chi connectivity index (χ2v) is 6.40. The van der Waals surface area contributed by atoms with Gasteiger partial charge in [0.25, 0.3) is 0 Å². The summed E-state index contributed by atoms with van der Waals surface area (Å²) in [7, 11) is -3.90. The SMILES string of the molecule is CCOCCOC(=O)c1cc(Br)cc(S(N)(=O)=O)c1C. The molecule has 0 atom stereocenters. The van der Waals surface area contributed by atoms with Gasteiger partial charge in [0.15, 0.2) is 0 Å². The summed E-state index contributed by atoms with van der Waals surface area (Å²) in [5.74, 6) is -0.617. The van der Waals surface area contributed by atoms with E-state index in [1.54, 1.807) is 0 Å². The van der Waals surface area contributed by atoms with E-state index in [9.17, 15) is 13.2 Å². The molecular weight excluding hydrogens is 350 g/mol. The fourth-order valence-corrected chi connectivity index (χ4v) is 3.01. The summed E-state index contributed by atoms with van der Waals surface area (Å²) in [5, 5.41) is 5.11. The lowest BCUT2D eigenvalue weighted by atomic mass is 10.1. The smallest absolute Gasteiger partial charge is 0.338 e. The van der Waals surface area contributed by atoms with Crippen molar-refractivity contribution in [3.63, 3.8) is 0 Å². The van der Waals surface area contributed by atoms with Gasteiger partial charge < -0.3 is 9.47 Å². The number of halogens is 1. The lowest BCUT2D eigenvalue weighted by Gasteiger charge is -2.11. The number of ether oxygens (including phenoxy) is 2. The summed E-state index contributed by atoms with van der Waals surface area (Å²) in [6.45, 7) is 4.26. The highest BCUT2D eigenvalue weighted by Crippen LogP contribution is 2.24. The molecule has 0 unspecified atom stereocenters. The van der Waals surface area contributed by atoms with Crippen LogP contribution in [0.3, 0.4) is 0 Å². The minimum absolute atomic E-state index is 0.101. The Kier molecular flexibility index (Phi) is 6.12. The topological polar surface area (TPSA) is 95.7 Å². The van der Waals surface area contributed by atoms with Gasteiger partial charge in [-0.25, -0.2) is 18.4 Å². The molecule has 0 aliphatic heterocycles. The number of hydrogen-bond acceptors (Lipinski definition) is 5. The van der Waals surface area contributed by atoms with Crippen molar-refractivity contribution < 1.29 is 22.7 Å². The zero-order valence-corrected chi connectivity index (χ0v) is 13.6. The van der Waals surface area contributed by atoms with Gasteiger partial charge in [-0.05, 0) is 31.5 Å². The van der Waals surface area contributed by atoms with E-state index in [2.05, 4.69) is 15.9 Å². The first kappa shape index (κ1) is 17.1. The number of sulfonamides is 1. The van der Waals surface area contributed by atoms with Gasteiger partial charge >= 0.3 is 5.97 Å². The number of carbonyl (C=O) groups excluding carboxylic acids is 1. The summed E-state index contributed by atoms with van der Waals surface area (Å²) in [6, 6.07) is 2.84. The third-order valence-corrected chi connectivity index (χ3v) is 4.01. The Bertz CT molecular complexity index is 600. The van der Waals surface area contributed by atoms with Gasteiger partial charge in [-0.3, -0.25) is 0 Å². The van der Waals surface area contributed by atoms with Crippen LogP contribution in [-0.2, 0) is 19.5 Å². The zero-order chi connectivity index (χ0) is 15.3. The van der Waals surface area contributed by atoms with Gasteiger partial charge in [-0.1, -0.05) is 15.9 Å². The first-order valence-corrected chi connectivity index (χ1v) is 8.19. The van der Waals surface area contributed by atoms with Crippen LogP contribution < -0.4 is 5.14 Å². The van der Waals surface area contributed by atoms with E-state index < -0.39 is 16.0 Å². The normalized spacial score (nSPS) is 11.4. The minimum atomic E-state index is -3.90. The quantitative estimate of drug-likeness (QED) is 0.609. The number of carbonyl (C=O) groups is 1. The zero-order valence-electron chi connectivity index (χ0n) is 11.2. The monoisotopic (exact) mass is 365 g/mol. The van der Waals surface area contributed by atoms with Gasteiger partial charge in [-0.2, -0.15) is 0 Å². The molecule has 2 N–H and O–H groups in total. The molecule has 0 aliphatic carbocycles. The summed E-state index contributed by atoms with van der Waals surface area (Å²) >= 11 is 3.15. The average molecular weight is 366 g/mol. The van der Waals surface area contributed by atoms with Gasteiger partial charge in [0.1, 0.15) is 6.61 Å². The molecule has 0 saturated heterocycles. The molecule has 0 heterocycles. The van der Waals surface area contributed by atoms with Gasteiger partial charge in [0.05, 0.1) is 17.1 Å². The van der Waals surface area contributed by atoms with E-state index >= 15 is 0 Å². The molecule has 112 valence electrons. The lowest BCUT2D eigenvalue weighted by Crippen LogP contribution is -2.17. The summed E-state index contributed by atoms with van der Waals surface area (Å²) in [4.78, 5) is 11.8. The second-order valence-electron chi connectivity index (χ2n) is 3.95. The standard InChI is InChI=1S/C12H16BrNO5S/c1-3-18-4-5-19-12(15)10-6-9(13)7-11(8(10)2)20(14,16)17/h6-7H,3-5H2,1-2H3,(H2,14,16,17). The molecule has 0 aliphatic rings. The maximum atomic E-state index is 11.9. The maximum absolute atomic E-state index is 11.9. The molecular formula is C12H16BrNO5S. The number of benzene rings is 1. The van der Waals surface area contributed by atoms with Crippen molar-refractivity contribution in [1.82, 2.24) is 0 Å². The van der Waals surface area contributed by atoms with Crippen molar-refractivity contribution in [3.8, 4) is 0 Å². The van der Waals surface area contributed by atoms with Crippen LogP contribution in [-0.4, -0.2) is 34.2 Å². The van der Waals surface area contributed by atoms with Crippen molar-refractivity contribution in [2.75, 3.05) is 19.8 Å². The maximum Gasteiger partial charge on any atom is 0.338 e. The number of primary sulfonamides is 1. The van der Waals surface area contributed by atoms with Crippen molar-refractivity contribution in [3.05, 3.63) is 27.7 Å². The number of hydrogen-bond donors (Lipinski definition) is 1. The van der Waals surface area contributed by atoms with E-state index in [0.29, 0.717) is 11.1 Å². The van der Waals surface area contributed by atoms with Crippen LogP contribution in [0.2, 0.25) is 0 Å². The molecule has 0 aromatic heterocycles. The Morgan fingerprint density at radius 1 is 1.35 bits per heavy atom. The third-order valence-electron chi connectivity index (χ3n) is 2.52. The molecule has 20 heavy (non-hydrogen) atoms. The Hall–Kier alpha value is -0.960. The van der Waals surface area contributed by atoms with Crippen molar-refractivity contribution >= 4 is 31.9 Å². The van der Waals surface area contributed by atoms with Crippen LogP contribution in [0.15, 0.2) is 21.5 Å². The molecule has 0 spiro atoms. The summed E-state index contributed by atoms with van der Waals surface area (Å²) in [5.41, 5.74) is 0.414. The predicted octanol–water partition coefficient (Wildman–Crippen LogP) is 1.60. The number of nitrogens with two attached hydrogens (primary N) is 1. The van der Waals surface area contributed by atoms with Crippen molar-refractivity contribution in [2.45, 2.75) is 18.7 Å². The number of esters is 1. The fourth-order valence-electron chi connectivity index (χ4n) is 1.58. The van der Waals surface area contributed by atoms with E-state index in [0.717, 1.165) is 0 Å². The van der Waals surface area contributed by atoms with Gasteiger partial charge in [0, 0.05) is 11.1 Å².